The van der Waals surface area contributed by atoms with Crippen LogP contribution in [0.4, 0.5) is 0 Å². The summed E-state index contributed by atoms with van der Waals surface area (Å²) in [4.78, 5) is 2.39. The normalized spacial score (nSPS) is 46.6. The molecule has 2 atom stereocenters. The molecule has 1 heterocycles. The molecule has 0 amide bonds. The van der Waals surface area contributed by atoms with Crippen molar-refractivity contribution in [3.05, 3.63) is 0 Å². The lowest BCUT2D eigenvalue weighted by Crippen LogP contribution is -2.50. The average molecular weight is 154 g/mol. The molecule has 0 aromatic rings. The van der Waals surface area contributed by atoms with E-state index < -0.39 is 0 Å². The molecule has 1 saturated carbocycles. The number of likely N-dealkylation sites (tertiary alicyclic amines) is 1. The Morgan fingerprint density at radius 3 is 2.45 bits per heavy atom. The number of hydrogen-bond acceptors (Lipinski definition) is 2. The summed E-state index contributed by atoms with van der Waals surface area (Å²) in [6, 6.07) is 0.593. The minimum atomic E-state index is 0.161. The second kappa shape index (κ2) is 2.20. The van der Waals surface area contributed by atoms with Crippen molar-refractivity contribution >= 4 is 0 Å². The SMILES string of the molecule is CC1N(C)CCC1(N)C1CC1. The van der Waals surface area contributed by atoms with Crippen LogP contribution in [0, 0.1) is 5.92 Å². The standard InChI is InChI=1S/C9H18N2/c1-7-9(10,8-3-4-8)5-6-11(7)2/h7-8H,3-6,10H2,1-2H3. The highest BCUT2D eigenvalue weighted by molar-refractivity contribution is 5.08. The smallest absolute Gasteiger partial charge is 0.0350 e. The zero-order valence-electron chi connectivity index (χ0n) is 7.51. The summed E-state index contributed by atoms with van der Waals surface area (Å²) in [7, 11) is 2.18. The van der Waals surface area contributed by atoms with Crippen molar-refractivity contribution < 1.29 is 0 Å². The van der Waals surface area contributed by atoms with Gasteiger partial charge in [-0.3, -0.25) is 0 Å². The second-order valence-corrected chi connectivity index (χ2v) is 4.29. The van der Waals surface area contributed by atoms with Crippen LogP contribution in [0.2, 0.25) is 0 Å². The topological polar surface area (TPSA) is 29.3 Å². The summed E-state index contributed by atoms with van der Waals surface area (Å²) in [6.45, 7) is 3.46. The Balaban J connectivity index is 2.12. The first-order valence-electron chi connectivity index (χ1n) is 4.64. The van der Waals surface area contributed by atoms with Crippen LogP contribution < -0.4 is 5.73 Å². The van der Waals surface area contributed by atoms with E-state index in [-0.39, 0.29) is 5.54 Å². The molecular weight excluding hydrogens is 136 g/mol. The fourth-order valence-electron chi connectivity index (χ4n) is 2.35. The summed E-state index contributed by atoms with van der Waals surface area (Å²) in [5.41, 5.74) is 6.52. The molecule has 0 bridgehead atoms. The van der Waals surface area contributed by atoms with Gasteiger partial charge in [-0.25, -0.2) is 0 Å². The molecule has 11 heavy (non-hydrogen) atoms. The zero-order valence-corrected chi connectivity index (χ0v) is 7.51. The Morgan fingerprint density at radius 1 is 1.45 bits per heavy atom. The first-order chi connectivity index (χ1) is 5.14. The zero-order chi connectivity index (χ0) is 8.06. The average Bonchev–Trinajstić information content (AvgIpc) is 2.77. The monoisotopic (exact) mass is 154 g/mol. The van der Waals surface area contributed by atoms with Crippen LogP contribution >= 0.6 is 0 Å². The molecule has 0 aromatic carbocycles. The van der Waals surface area contributed by atoms with E-state index in [9.17, 15) is 0 Å². The van der Waals surface area contributed by atoms with Gasteiger partial charge in [-0.05, 0) is 39.2 Å². The molecule has 2 rings (SSSR count). The molecule has 2 heteroatoms. The third kappa shape index (κ3) is 1.00. The fraction of sp³-hybridized carbons (Fsp3) is 1.00. The van der Waals surface area contributed by atoms with E-state index in [0.717, 1.165) is 5.92 Å². The number of nitrogens with zero attached hydrogens (tertiary/aromatic N) is 1. The Labute approximate surface area is 68.7 Å². The highest BCUT2D eigenvalue weighted by Gasteiger charge is 2.50. The summed E-state index contributed by atoms with van der Waals surface area (Å²) < 4.78 is 0. The van der Waals surface area contributed by atoms with Gasteiger partial charge in [0.15, 0.2) is 0 Å². The minimum Gasteiger partial charge on any atom is -0.324 e. The molecule has 64 valence electrons. The van der Waals surface area contributed by atoms with Crippen molar-refractivity contribution in [3.8, 4) is 0 Å². The van der Waals surface area contributed by atoms with E-state index in [1.54, 1.807) is 0 Å². The quantitative estimate of drug-likeness (QED) is 0.606. The van der Waals surface area contributed by atoms with E-state index in [1.165, 1.54) is 25.8 Å². The molecule has 2 nitrogen and oxygen atoms in total. The van der Waals surface area contributed by atoms with Crippen LogP contribution in [0.1, 0.15) is 26.2 Å². The Hall–Kier alpha value is -0.0800. The first kappa shape index (κ1) is 7.56. The van der Waals surface area contributed by atoms with Gasteiger partial charge < -0.3 is 10.6 Å². The van der Waals surface area contributed by atoms with Crippen LogP contribution in [0.25, 0.3) is 0 Å². The Morgan fingerprint density at radius 2 is 2.09 bits per heavy atom. The Bertz CT molecular complexity index is 165. The van der Waals surface area contributed by atoms with Crippen LogP contribution in [0.5, 0.6) is 0 Å². The number of hydrogen-bond donors (Lipinski definition) is 1. The van der Waals surface area contributed by atoms with Crippen molar-refractivity contribution in [1.82, 2.24) is 4.90 Å². The molecule has 1 saturated heterocycles. The summed E-state index contributed by atoms with van der Waals surface area (Å²) in [5, 5.41) is 0. The van der Waals surface area contributed by atoms with Crippen LogP contribution in [0.15, 0.2) is 0 Å². The van der Waals surface area contributed by atoms with Gasteiger partial charge >= 0.3 is 0 Å². The van der Waals surface area contributed by atoms with Gasteiger partial charge in [0.2, 0.25) is 0 Å². The Kier molecular flexibility index (Phi) is 1.52. The van der Waals surface area contributed by atoms with E-state index in [0.29, 0.717) is 6.04 Å². The van der Waals surface area contributed by atoms with Gasteiger partial charge in [-0.2, -0.15) is 0 Å². The molecular formula is C9H18N2. The molecule has 0 spiro atoms. The summed E-state index contributed by atoms with van der Waals surface area (Å²) in [6.07, 6.45) is 3.94. The third-order valence-electron chi connectivity index (χ3n) is 3.67. The van der Waals surface area contributed by atoms with Crippen LogP contribution in [0.3, 0.4) is 0 Å². The number of likely N-dealkylation sites (N-methyl/N-ethyl adjacent to an activating group) is 1. The predicted octanol–water partition coefficient (Wildman–Crippen LogP) is 0.818. The molecule has 0 aromatic heterocycles. The van der Waals surface area contributed by atoms with E-state index >= 15 is 0 Å². The number of rotatable bonds is 1. The lowest BCUT2D eigenvalue weighted by atomic mass is 9.87. The number of nitrogens with two attached hydrogens (primary N) is 1. The molecule has 2 aliphatic rings. The van der Waals surface area contributed by atoms with Crippen LogP contribution in [-0.2, 0) is 0 Å². The van der Waals surface area contributed by atoms with E-state index in [2.05, 4.69) is 18.9 Å². The van der Waals surface area contributed by atoms with E-state index in [1.807, 2.05) is 0 Å². The van der Waals surface area contributed by atoms with Crippen molar-refractivity contribution in [2.75, 3.05) is 13.6 Å². The van der Waals surface area contributed by atoms with Gasteiger partial charge in [-0.1, -0.05) is 0 Å². The molecule has 2 fully saturated rings. The van der Waals surface area contributed by atoms with Crippen molar-refractivity contribution in [1.29, 1.82) is 0 Å². The van der Waals surface area contributed by atoms with Gasteiger partial charge in [0.1, 0.15) is 0 Å². The highest BCUT2D eigenvalue weighted by atomic mass is 15.2. The molecule has 0 radical (unpaired) electrons. The van der Waals surface area contributed by atoms with Gasteiger partial charge in [0.05, 0.1) is 0 Å². The molecule has 1 aliphatic heterocycles. The maximum absolute atomic E-state index is 6.36. The maximum atomic E-state index is 6.36. The largest absolute Gasteiger partial charge is 0.324 e. The van der Waals surface area contributed by atoms with Crippen molar-refractivity contribution in [3.63, 3.8) is 0 Å². The lowest BCUT2D eigenvalue weighted by molar-refractivity contribution is 0.244. The molecule has 2 unspecified atom stereocenters. The van der Waals surface area contributed by atoms with Gasteiger partial charge in [-0.15, -0.1) is 0 Å². The molecule has 2 N–H and O–H groups in total. The van der Waals surface area contributed by atoms with E-state index in [4.69, 9.17) is 5.73 Å². The first-order valence-corrected chi connectivity index (χ1v) is 4.64. The summed E-state index contributed by atoms with van der Waals surface area (Å²) in [5.74, 6) is 0.836. The second-order valence-electron chi connectivity index (χ2n) is 4.29. The van der Waals surface area contributed by atoms with Gasteiger partial charge in [0.25, 0.3) is 0 Å². The van der Waals surface area contributed by atoms with Crippen LogP contribution in [-0.4, -0.2) is 30.1 Å². The van der Waals surface area contributed by atoms with Gasteiger partial charge in [0, 0.05) is 18.1 Å². The fourth-order valence-corrected chi connectivity index (χ4v) is 2.35. The maximum Gasteiger partial charge on any atom is 0.0350 e. The lowest BCUT2D eigenvalue weighted by Gasteiger charge is -2.31. The minimum absolute atomic E-state index is 0.161. The third-order valence-corrected chi connectivity index (χ3v) is 3.67. The van der Waals surface area contributed by atoms with Crippen molar-refractivity contribution in [2.24, 2.45) is 11.7 Å². The summed E-state index contributed by atoms with van der Waals surface area (Å²) >= 11 is 0. The van der Waals surface area contributed by atoms with Crippen molar-refractivity contribution in [2.45, 2.75) is 37.8 Å². The highest BCUT2D eigenvalue weighted by Crippen LogP contribution is 2.45. The molecule has 1 aliphatic carbocycles. The predicted molar refractivity (Wildman–Crippen MR) is 46.4 cm³/mol.